The SMILES string of the molecule is NC(=O)c1c(NC(=O)COc2ccccc2Cl)sc2c1CCCC2. The van der Waals surface area contributed by atoms with Gasteiger partial charge in [0.2, 0.25) is 0 Å². The number of fused-ring (bicyclic) bond motifs is 1. The van der Waals surface area contributed by atoms with E-state index in [1.165, 1.54) is 11.3 Å². The van der Waals surface area contributed by atoms with Crippen molar-refractivity contribution in [3.63, 3.8) is 0 Å². The number of nitrogens with one attached hydrogen (secondary N) is 1. The second-order valence-electron chi connectivity index (χ2n) is 5.55. The molecule has 24 heavy (non-hydrogen) atoms. The van der Waals surface area contributed by atoms with Gasteiger partial charge in [0, 0.05) is 4.88 Å². The van der Waals surface area contributed by atoms with Crippen LogP contribution in [0.15, 0.2) is 24.3 Å². The molecule has 1 aromatic heterocycles. The van der Waals surface area contributed by atoms with Crippen molar-refractivity contribution < 1.29 is 14.3 Å². The minimum Gasteiger partial charge on any atom is -0.482 e. The first-order valence-corrected chi connectivity index (χ1v) is 8.87. The molecule has 0 aliphatic heterocycles. The Morgan fingerprint density at radius 3 is 2.75 bits per heavy atom. The van der Waals surface area contributed by atoms with Gasteiger partial charge in [0.1, 0.15) is 10.8 Å². The molecule has 0 radical (unpaired) electrons. The minimum atomic E-state index is -0.503. The Morgan fingerprint density at radius 1 is 1.25 bits per heavy atom. The number of amides is 2. The van der Waals surface area contributed by atoms with Crippen LogP contribution in [0.3, 0.4) is 0 Å². The number of hydrogen-bond donors (Lipinski definition) is 2. The lowest BCUT2D eigenvalue weighted by Gasteiger charge is -2.11. The van der Waals surface area contributed by atoms with Crippen LogP contribution in [0.25, 0.3) is 0 Å². The lowest BCUT2D eigenvalue weighted by molar-refractivity contribution is -0.118. The van der Waals surface area contributed by atoms with Crippen LogP contribution in [-0.2, 0) is 17.6 Å². The van der Waals surface area contributed by atoms with Crippen LogP contribution in [0.4, 0.5) is 5.00 Å². The molecule has 0 bridgehead atoms. The van der Waals surface area contributed by atoms with E-state index in [1.54, 1.807) is 24.3 Å². The molecule has 0 fully saturated rings. The first kappa shape index (κ1) is 16.8. The molecule has 0 atom stereocenters. The summed E-state index contributed by atoms with van der Waals surface area (Å²) in [5, 5.41) is 3.70. The van der Waals surface area contributed by atoms with Crippen molar-refractivity contribution in [2.45, 2.75) is 25.7 Å². The highest BCUT2D eigenvalue weighted by atomic mass is 35.5. The summed E-state index contributed by atoms with van der Waals surface area (Å²) in [7, 11) is 0. The van der Waals surface area contributed by atoms with Crippen LogP contribution in [0.2, 0.25) is 5.02 Å². The van der Waals surface area contributed by atoms with E-state index in [0.717, 1.165) is 36.1 Å². The van der Waals surface area contributed by atoms with Crippen molar-refractivity contribution in [3.05, 3.63) is 45.3 Å². The monoisotopic (exact) mass is 364 g/mol. The summed E-state index contributed by atoms with van der Waals surface area (Å²) in [6.45, 7) is -0.190. The van der Waals surface area contributed by atoms with Gasteiger partial charge >= 0.3 is 0 Å². The van der Waals surface area contributed by atoms with Crippen molar-refractivity contribution in [1.82, 2.24) is 0 Å². The number of aryl methyl sites for hydroxylation is 1. The largest absolute Gasteiger partial charge is 0.482 e. The van der Waals surface area contributed by atoms with Crippen LogP contribution in [0.1, 0.15) is 33.6 Å². The van der Waals surface area contributed by atoms with Gasteiger partial charge < -0.3 is 15.8 Å². The maximum absolute atomic E-state index is 12.2. The highest BCUT2D eigenvalue weighted by molar-refractivity contribution is 7.17. The van der Waals surface area contributed by atoms with Crippen LogP contribution in [-0.4, -0.2) is 18.4 Å². The minimum absolute atomic E-state index is 0.190. The Morgan fingerprint density at radius 2 is 2.00 bits per heavy atom. The number of benzene rings is 1. The molecule has 3 N–H and O–H groups in total. The van der Waals surface area contributed by atoms with Crippen molar-refractivity contribution in [3.8, 4) is 5.75 Å². The van der Waals surface area contributed by atoms with E-state index in [9.17, 15) is 9.59 Å². The molecule has 0 saturated carbocycles. The van der Waals surface area contributed by atoms with Gasteiger partial charge in [-0.05, 0) is 43.4 Å². The fourth-order valence-corrected chi connectivity index (χ4v) is 4.28. The van der Waals surface area contributed by atoms with Gasteiger partial charge in [0.05, 0.1) is 10.6 Å². The lowest BCUT2D eigenvalue weighted by Crippen LogP contribution is -2.22. The Labute approximate surface area is 148 Å². The maximum Gasteiger partial charge on any atom is 0.262 e. The number of para-hydroxylation sites is 1. The van der Waals surface area contributed by atoms with E-state index in [1.807, 2.05) is 0 Å². The van der Waals surface area contributed by atoms with Crippen LogP contribution < -0.4 is 15.8 Å². The number of halogens is 1. The third-order valence-corrected chi connectivity index (χ3v) is 5.39. The summed E-state index contributed by atoms with van der Waals surface area (Å²) >= 11 is 7.42. The zero-order valence-corrected chi connectivity index (χ0v) is 14.5. The molecule has 2 aromatic rings. The molecule has 0 saturated heterocycles. The third kappa shape index (κ3) is 3.55. The standard InChI is InChI=1S/C17H17ClN2O3S/c18-11-6-2-3-7-12(11)23-9-14(21)20-17-15(16(19)22)10-5-1-4-8-13(10)24-17/h2-3,6-7H,1,4-5,8-9H2,(H2,19,22)(H,20,21). The summed E-state index contributed by atoms with van der Waals surface area (Å²) in [6.07, 6.45) is 3.88. The van der Waals surface area contributed by atoms with E-state index < -0.39 is 5.91 Å². The molecular weight excluding hydrogens is 348 g/mol. The zero-order valence-electron chi connectivity index (χ0n) is 12.9. The third-order valence-electron chi connectivity index (χ3n) is 3.87. The van der Waals surface area contributed by atoms with Gasteiger partial charge in [-0.1, -0.05) is 23.7 Å². The van der Waals surface area contributed by atoms with E-state index in [0.29, 0.717) is 21.3 Å². The molecule has 1 aliphatic carbocycles. The summed E-state index contributed by atoms with van der Waals surface area (Å²) in [5.41, 5.74) is 6.94. The van der Waals surface area contributed by atoms with Gasteiger partial charge in [0.15, 0.2) is 6.61 Å². The van der Waals surface area contributed by atoms with Crippen molar-refractivity contribution in [2.24, 2.45) is 5.73 Å². The Balaban J connectivity index is 1.71. The number of anilines is 1. The Bertz CT molecular complexity index is 788. The summed E-state index contributed by atoms with van der Waals surface area (Å²) in [4.78, 5) is 25.1. The topological polar surface area (TPSA) is 81.4 Å². The Kier molecular flexibility index (Phi) is 5.06. The fraction of sp³-hybridized carbons (Fsp3) is 0.294. The number of rotatable bonds is 5. The number of nitrogens with two attached hydrogens (primary N) is 1. The quantitative estimate of drug-likeness (QED) is 0.853. The Hall–Kier alpha value is -2.05. The van der Waals surface area contributed by atoms with E-state index in [4.69, 9.17) is 22.1 Å². The second kappa shape index (κ2) is 7.23. The molecule has 1 aromatic carbocycles. The number of primary amides is 1. The van der Waals surface area contributed by atoms with Crippen molar-refractivity contribution >= 4 is 39.8 Å². The predicted molar refractivity (Wildman–Crippen MR) is 95.1 cm³/mol. The predicted octanol–water partition coefficient (Wildman–Crippen LogP) is 3.40. The number of carbonyl (C=O) groups excluding carboxylic acids is 2. The van der Waals surface area contributed by atoms with Crippen LogP contribution in [0.5, 0.6) is 5.75 Å². The van der Waals surface area contributed by atoms with Gasteiger partial charge in [-0.15, -0.1) is 11.3 Å². The van der Waals surface area contributed by atoms with Crippen molar-refractivity contribution in [2.75, 3.05) is 11.9 Å². The molecule has 2 amide bonds. The van der Waals surface area contributed by atoms with Crippen LogP contribution in [0, 0.1) is 0 Å². The molecule has 1 aliphatic rings. The summed E-state index contributed by atoms with van der Waals surface area (Å²) in [6, 6.07) is 6.93. The molecule has 1 heterocycles. The average Bonchev–Trinajstić information content (AvgIpc) is 2.92. The van der Waals surface area contributed by atoms with Gasteiger partial charge in [-0.25, -0.2) is 0 Å². The van der Waals surface area contributed by atoms with E-state index in [-0.39, 0.29) is 12.5 Å². The fourth-order valence-electron chi connectivity index (χ4n) is 2.78. The first-order valence-electron chi connectivity index (χ1n) is 7.67. The van der Waals surface area contributed by atoms with Gasteiger partial charge in [-0.2, -0.15) is 0 Å². The number of thiophene rings is 1. The average molecular weight is 365 g/mol. The van der Waals surface area contributed by atoms with E-state index in [2.05, 4.69) is 5.32 Å². The van der Waals surface area contributed by atoms with Gasteiger partial charge in [0.25, 0.3) is 11.8 Å². The molecule has 5 nitrogen and oxygen atoms in total. The summed E-state index contributed by atoms with van der Waals surface area (Å²) < 4.78 is 5.42. The first-order chi connectivity index (χ1) is 11.6. The highest BCUT2D eigenvalue weighted by Crippen LogP contribution is 2.37. The van der Waals surface area contributed by atoms with E-state index >= 15 is 0 Å². The smallest absolute Gasteiger partial charge is 0.262 e. The highest BCUT2D eigenvalue weighted by Gasteiger charge is 2.25. The maximum atomic E-state index is 12.2. The summed E-state index contributed by atoms with van der Waals surface area (Å²) in [5.74, 6) is -0.414. The number of ether oxygens (including phenoxy) is 1. The molecule has 126 valence electrons. The normalized spacial score (nSPS) is 13.2. The second-order valence-corrected chi connectivity index (χ2v) is 7.06. The molecule has 0 spiro atoms. The molecule has 0 unspecified atom stereocenters. The molecular formula is C17H17ClN2O3S. The van der Waals surface area contributed by atoms with Crippen molar-refractivity contribution in [1.29, 1.82) is 0 Å². The zero-order chi connectivity index (χ0) is 17.1. The molecule has 7 heteroatoms. The number of carbonyl (C=O) groups is 2. The lowest BCUT2D eigenvalue weighted by atomic mass is 9.95. The van der Waals surface area contributed by atoms with Crippen LogP contribution >= 0.6 is 22.9 Å². The molecule has 3 rings (SSSR count). The number of hydrogen-bond acceptors (Lipinski definition) is 4. The van der Waals surface area contributed by atoms with Gasteiger partial charge in [-0.3, -0.25) is 9.59 Å².